The Kier molecular flexibility index (Phi) is 7.50. The lowest BCUT2D eigenvalue weighted by Gasteiger charge is -2.15. The number of halogens is 1. The van der Waals surface area contributed by atoms with Gasteiger partial charge in [0.15, 0.2) is 17.9 Å². The van der Waals surface area contributed by atoms with Crippen molar-refractivity contribution in [1.82, 2.24) is 4.98 Å². The van der Waals surface area contributed by atoms with E-state index in [1.165, 1.54) is 6.39 Å². The molecule has 1 aromatic heterocycles. The Hall–Kier alpha value is -3.52. The van der Waals surface area contributed by atoms with Gasteiger partial charge in [0.1, 0.15) is 17.3 Å². The lowest BCUT2D eigenvalue weighted by molar-refractivity contribution is -0.118. The number of methoxy groups -OCH3 is 1. The van der Waals surface area contributed by atoms with E-state index in [2.05, 4.69) is 15.3 Å². The molecular formula is C22H22ClN5O3. The number of carbonyl (C=O) groups is 1. The van der Waals surface area contributed by atoms with Crippen LogP contribution in [0.15, 0.2) is 69.7 Å². The van der Waals surface area contributed by atoms with Gasteiger partial charge in [-0.2, -0.15) is 0 Å². The van der Waals surface area contributed by atoms with E-state index in [1.807, 2.05) is 36.4 Å². The van der Waals surface area contributed by atoms with Gasteiger partial charge in [-0.15, -0.1) is 5.11 Å². The maximum atomic E-state index is 12.9. The second kappa shape index (κ2) is 10.5. The standard InChI is InChI=1S/C22H22ClN5O3/c1-30-19-8-4-14(5-9-19)10-16(21-20(26-13-31-21)22(24)27-28-25)12-18(29)11-15-2-6-17(23)7-3-15/h2-9,13,16H,10-12H2,1H3,(H3,24,25,27)/t16-/m1/s1. The molecule has 0 unspecified atom stereocenters. The molecule has 1 heterocycles. The van der Waals surface area contributed by atoms with Gasteiger partial charge in [0.2, 0.25) is 0 Å². The van der Waals surface area contributed by atoms with E-state index in [-0.39, 0.29) is 36.1 Å². The van der Waals surface area contributed by atoms with E-state index in [0.717, 1.165) is 16.9 Å². The minimum Gasteiger partial charge on any atom is -0.497 e. The molecule has 0 fully saturated rings. The van der Waals surface area contributed by atoms with Crippen LogP contribution in [0.2, 0.25) is 5.02 Å². The summed E-state index contributed by atoms with van der Waals surface area (Å²) < 4.78 is 10.8. The molecule has 3 aromatic rings. The van der Waals surface area contributed by atoms with Crippen LogP contribution in [-0.2, 0) is 17.6 Å². The molecule has 0 amide bonds. The maximum absolute atomic E-state index is 12.9. The maximum Gasteiger partial charge on any atom is 0.198 e. The van der Waals surface area contributed by atoms with Crippen molar-refractivity contribution < 1.29 is 13.9 Å². The van der Waals surface area contributed by atoms with Crippen LogP contribution in [0.3, 0.4) is 0 Å². The quantitative estimate of drug-likeness (QED) is 0.166. The van der Waals surface area contributed by atoms with Crippen molar-refractivity contribution in [3.05, 3.63) is 82.5 Å². The number of benzene rings is 2. The Bertz CT molecular complexity index is 1060. The molecule has 0 aliphatic rings. The fourth-order valence-electron chi connectivity index (χ4n) is 3.31. The molecule has 9 heteroatoms. The molecule has 0 aliphatic heterocycles. The summed E-state index contributed by atoms with van der Waals surface area (Å²) in [6.45, 7) is 0. The number of hydrogen-bond donors (Lipinski definition) is 2. The number of nitrogens with zero attached hydrogens (tertiary/aromatic N) is 3. The van der Waals surface area contributed by atoms with Crippen molar-refractivity contribution in [3.63, 3.8) is 0 Å². The minimum atomic E-state index is -0.348. The first-order valence-electron chi connectivity index (χ1n) is 9.52. The summed E-state index contributed by atoms with van der Waals surface area (Å²) in [4.78, 5) is 16.9. The van der Waals surface area contributed by atoms with Crippen molar-refractivity contribution in [3.8, 4) is 5.75 Å². The number of nitrogens with two attached hydrogens (primary N) is 1. The van der Waals surface area contributed by atoms with Crippen molar-refractivity contribution >= 4 is 23.2 Å². The first kappa shape index (κ1) is 22.2. The van der Waals surface area contributed by atoms with E-state index < -0.39 is 0 Å². The molecule has 0 saturated carbocycles. The molecular weight excluding hydrogens is 418 g/mol. The molecule has 160 valence electrons. The van der Waals surface area contributed by atoms with Crippen LogP contribution < -0.4 is 10.6 Å². The Balaban J connectivity index is 1.84. The number of ketones is 1. The molecule has 0 saturated heterocycles. The monoisotopic (exact) mass is 439 g/mol. The number of amidine groups is 1. The summed E-state index contributed by atoms with van der Waals surface area (Å²) in [6.07, 6.45) is 2.20. The third kappa shape index (κ3) is 5.99. The van der Waals surface area contributed by atoms with Gasteiger partial charge < -0.3 is 15.0 Å². The number of hydrogen-bond acceptors (Lipinski definition) is 6. The van der Waals surface area contributed by atoms with Crippen LogP contribution in [0.4, 0.5) is 0 Å². The van der Waals surface area contributed by atoms with Gasteiger partial charge in [-0.05, 0) is 41.8 Å². The highest BCUT2D eigenvalue weighted by atomic mass is 35.5. The topological polar surface area (TPSA) is 127 Å². The summed E-state index contributed by atoms with van der Waals surface area (Å²) in [5, 5.41) is 15.3. The van der Waals surface area contributed by atoms with Crippen LogP contribution in [0.25, 0.3) is 0 Å². The van der Waals surface area contributed by atoms with Crippen molar-refractivity contribution in [2.24, 2.45) is 16.2 Å². The predicted octanol–water partition coefficient (Wildman–Crippen LogP) is 4.52. The third-order valence-corrected chi connectivity index (χ3v) is 5.03. The average molecular weight is 440 g/mol. The summed E-state index contributed by atoms with van der Waals surface area (Å²) >= 11 is 5.93. The third-order valence-electron chi connectivity index (χ3n) is 4.78. The highest BCUT2D eigenvalue weighted by molar-refractivity contribution is 6.30. The molecule has 0 bridgehead atoms. The van der Waals surface area contributed by atoms with E-state index >= 15 is 0 Å². The second-order valence-electron chi connectivity index (χ2n) is 6.92. The molecule has 8 nitrogen and oxygen atoms in total. The molecule has 0 radical (unpaired) electrons. The summed E-state index contributed by atoms with van der Waals surface area (Å²) in [5.41, 5.74) is 2.08. The molecule has 3 N–H and O–H groups in total. The van der Waals surface area contributed by atoms with Crippen LogP contribution >= 0.6 is 11.6 Å². The van der Waals surface area contributed by atoms with E-state index in [1.54, 1.807) is 19.2 Å². The second-order valence-corrected chi connectivity index (χ2v) is 7.36. The number of oxazole rings is 1. The lowest BCUT2D eigenvalue weighted by Crippen LogP contribution is -2.14. The SMILES string of the molecule is COc1ccc(C[C@H](CC(=O)Cc2ccc(Cl)cc2)c2ocnc2C(=N)N=NN)cc1. The zero-order valence-electron chi connectivity index (χ0n) is 16.9. The van der Waals surface area contributed by atoms with Crippen LogP contribution in [0, 0.1) is 5.41 Å². The van der Waals surface area contributed by atoms with Crippen molar-refractivity contribution in [2.45, 2.75) is 25.2 Å². The lowest BCUT2D eigenvalue weighted by atomic mass is 9.89. The summed E-state index contributed by atoms with van der Waals surface area (Å²) in [7, 11) is 1.60. The van der Waals surface area contributed by atoms with E-state index in [0.29, 0.717) is 17.2 Å². The van der Waals surface area contributed by atoms with Gasteiger partial charge in [0.05, 0.1) is 7.11 Å². The smallest absolute Gasteiger partial charge is 0.198 e. The highest BCUT2D eigenvalue weighted by Crippen LogP contribution is 2.29. The minimum absolute atomic E-state index is 0.0233. The molecule has 1 atom stereocenters. The van der Waals surface area contributed by atoms with Gasteiger partial charge >= 0.3 is 0 Å². The fraction of sp³-hybridized carbons (Fsp3) is 0.227. The predicted molar refractivity (Wildman–Crippen MR) is 117 cm³/mol. The van der Waals surface area contributed by atoms with E-state index in [9.17, 15) is 4.79 Å². The number of aromatic nitrogens is 1. The molecule has 3 rings (SSSR count). The van der Waals surface area contributed by atoms with Crippen LogP contribution in [-0.4, -0.2) is 23.7 Å². The van der Waals surface area contributed by atoms with Crippen LogP contribution in [0.1, 0.15) is 34.9 Å². The molecule has 0 spiro atoms. The Morgan fingerprint density at radius 3 is 2.52 bits per heavy atom. The number of carbonyl (C=O) groups excluding carboxylic acids is 1. The largest absolute Gasteiger partial charge is 0.497 e. The van der Waals surface area contributed by atoms with Gasteiger partial charge in [-0.25, -0.2) is 4.98 Å². The van der Waals surface area contributed by atoms with Gasteiger partial charge in [0, 0.05) is 23.8 Å². The van der Waals surface area contributed by atoms with Gasteiger partial charge in [-0.1, -0.05) is 41.1 Å². The summed E-state index contributed by atoms with van der Waals surface area (Å²) in [5.74, 6) is 5.66. The normalized spacial score (nSPS) is 12.1. The van der Waals surface area contributed by atoms with Gasteiger partial charge in [-0.3, -0.25) is 10.2 Å². The Morgan fingerprint density at radius 1 is 1.19 bits per heavy atom. The number of nitrogens with one attached hydrogen (secondary N) is 1. The number of rotatable bonds is 9. The molecule has 31 heavy (non-hydrogen) atoms. The Morgan fingerprint density at radius 2 is 1.87 bits per heavy atom. The van der Waals surface area contributed by atoms with Crippen LogP contribution in [0.5, 0.6) is 5.75 Å². The van der Waals surface area contributed by atoms with Crippen molar-refractivity contribution in [1.29, 1.82) is 5.41 Å². The molecule has 0 aliphatic carbocycles. The first-order valence-corrected chi connectivity index (χ1v) is 9.90. The Labute approximate surface area is 184 Å². The average Bonchev–Trinajstić information content (AvgIpc) is 3.26. The fourth-order valence-corrected chi connectivity index (χ4v) is 3.43. The number of Topliss-reactive ketones (excluding diaryl/α,β-unsaturated/α-hetero) is 1. The zero-order chi connectivity index (χ0) is 22.2. The molecule has 2 aromatic carbocycles. The van der Waals surface area contributed by atoms with Crippen molar-refractivity contribution in [2.75, 3.05) is 7.11 Å². The van der Waals surface area contributed by atoms with E-state index in [4.69, 9.17) is 32.0 Å². The number of ether oxygens (including phenoxy) is 1. The summed E-state index contributed by atoms with van der Waals surface area (Å²) in [6, 6.07) is 14.7. The van der Waals surface area contributed by atoms with Gasteiger partial charge in [0.25, 0.3) is 0 Å². The first-order chi connectivity index (χ1) is 15.0. The highest BCUT2D eigenvalue weighted by Gasteiger charge is 2.26. The zero-order valence-corrected chi connectivity index (χ0v) is 17.7.